The number of cyclic esters (lactones) is 1. The van der Waals surface area contributed by atoms with Gasteiger partial charge in [0.05, 0.1) is 41.9 Å². The third-order valence-corrected chi connectivity index (χ3v) is 10.4. The van der Waals surface area contributed by atoms with Crippen LogP contribution in [0, 0.1) is 11.8 Å². The van der Waals surface area contributed by atoms with E-state index in [1.165, 1.54) is 9.80 Å². The summed E-state index contributed by atoms with van der Waals surface area (Å²) in [6.07, 6.45) is 6.04. The van der Waals surface area contributed by atoms with Gasteiger partial charge in [-0.1, -0.05) is 109 Å². The lowest BCUT2D eigenvalue weighted by atomic mass is 9.77. The van der Waals surface area contributed by atoms with Crippen LogP contribution in [0.3, 0.4) is 0 Å². The predicted octanol–water partition coefficient (Wildman–Crippen LogP) is 4.18. The number of rotatable bonds is 6. The van der Waals surface area contributed by atoms with Crippen molar-refractivity contribution in [2.45, 2.75) is 49.2 Å². The van der Waals surface area contributed by atoms with E-state index >= 15 is 0 Å². The number of halogens is 1. The first-order valence-electron chi connectivity index (χ1n) is 16.9. The van der Waals surface area contributed by atoms with E-state index in [4.69, 9.17) is 21.1 Å². The number of amides is 3. The summed E-state index contributed by atoms with van der Waals surface area (Å²) in [6.45, 7) is -0.248. The van der Waals surface area contributed by atoms with Crippen LogP contribution in [0.1, 0.15) is 30.1 Å². The summed E-state index contributed by atoms with van der Waals surface area (Å²) in [7, 11) is 0. The van der Waals surface area contributed by atoms with Gasteiger partial charge in [-0.3, -0.25) is 19.2 Å². The summed E-state index contributed by atoms with van der Waals surface area (Å²) in [5.41, 5.74) is 0.430. The average Bonchev–Trinajstić information content (AvgIpc) is 3.52. The number of esters is 1. The Balaban J connectivity index is 1.34. The van der Waals surface area contributed by atoms with Crippen LogP contribution >= 0.6 is 11.6 Å². The Kier molecular flexibility index (Phi) is 9.59. The number of para-hydroxylation sites is 1. The number of fused-ring (bicyclic) bond motifs is 2. The lowest BCUT2D eigenvalue weighted by molar-refractivity contribution is -0.160. The molecule has 7 rings (SSSR count). The van der Waals surface area contributed by atoms with Gasteiger partial charge in [0.2, 0.25) is 11.8 Å². The van der Waals surface area contributed by atoms with Gasteiger partial charge in [0.25, 0.3) is 5.91 Å². The fourth-order valence-electron chi connectivity index (χ4n) is 7.76. The highest BCUT2D eigenvalue weighted by molar-refractivity contribution is 6.34. The third-order valence-electron chi connectivity index (χ3n) is 10.0. The summed E-state index contributed by atoms with van der Waals surface area (Å²) >= 11 is 6.61. The van der Waals surface area contributed by atoms with Crippen molar-refractivity contribution in [3.63, 3.8) is 0 Å². The average molecular weight is 696 g/mol. The Morgan fingerprint density at radius 1 is 0.920 bits per heavy atom. The predicted molar refractivity (Wildman–Crippen MR) is 186 cm³/mol. The molecular formula is C39H38ClN3O7. The molecule has 0 unspecified atom stereocenters. The molecule has 3 aromatic rings. The molecule has 0 radical (unpaired) electrons. The SMILES string of the molecule is O=C1CC/C=C\[C@@H]2O[C@@]34C=CCN(c5ccccc5Cl)C(=O)[C@@H]3N([C@@H](CO)Cc3ccccc3)C(=O)[C@H]4[C@@H]2C(=O)O[C@@H](c2ccccc2)CN1. The number of ether oxygens (including phenoxy) is 2. The van der Waals surface area contributed by atoms with Gasteiger partial charge in [0.15, 0.2) is 0 Å². The van der Waals surface area contributed by atoms with Crippen molar-refractivity contribution in [2.75, 3.05) is 24.6 Å². The van der Waals surface area contributed by atoms with Gasteiger partial charge in [0.1, 0.15) is 23.7 Å². The molecule has 2 fully saturated rings. The maximum absolute atomic E-state index is 15.0. The molecule has 1 spiro atoms. The number of aliphatic hydroxyl groups excluding tert-OH is 1. The minimum absolute atomic E-state index is 0.0455. The van der Waals surface area contributed by atoms with E-state index in [9.17, 15) is 24.3 Å². The monoisotopic (exact) mass is 695 g/mol. The molecule has 4 heterocycles. The van der Waals surface area contributed by atoms with Gasteiger partial charge in [-0.25, -0.2) is 0 Å². The van der Waals surface area contributed by atoms with Crippen LogP contribution in [-0.4, -0.2) is 77.2 Å². The normalized spacial score (nSPS) is 29.4. The topological polar surface area (TPSA) is 125 Å². The molecule has 4 aliphatic rings. The van der Waals surface area contributed by atoms with Gasteiger partial charge in [0, 0.05) is 13.0 Å². The molecule has 50 heavy (non-hydrogen) atoms. The number of benzene rings is 3. The zero-order valence-electron chi connectivity index (χ0n) is 27.3. The number of aliphatic hydroxyl groups is 1. The summed E-state index contributed by atoms with van der Waals surface area (Å²) < 4.78 is 13.0. The fraction of sp³-hybridized carbons (Fsp3) is 0.333. The molecule has 258 valence electrons. The van der Waals surface area contributed by atoms with E-state index in [1.54, 1.807) is 48.6 Å². The molecule has 3 aromatic carbocycles. The lowest BCUT2D eigenvalue weighted by Crippen LogP contribution is -2.58. The standard InChI is InChI=1S/C39H38ClN3O7/c40-28-16-7-8-17-29(28)42-21-11-20-39-34(36(46)43(35(39)37(42)47)27(24-44)22-25-12-3-1-4-13-25)33-30(50-39)18-9-10-19-32(45)41-23-31(49-38(33)48)26-14-5-2-6-15-26/h1-9,11-18,20,27,30-31,33-35,44H,10,19,21-24H2,(H,41,45)/b18-9-/t27-,30+,31-,33-,34-,35+,39-/m1/s1. The number of anilines is 1. The van der Waals surface area contributed by atoms with Gasteiger partial charge in [-0.05, 0) is 36.1 Å². The maximum Gasteiger partial charge on any atom is 0.313 e. The van der Waals surface area contributed by atoms with Crippen LogP contribution in [0.4, 0.5) is 5.69 Å². The zero-order chi connectivity index (χ0) is 34.8. The minimum Gasteiger partial charge on any atom is -0.455 e. The van der Waals surface area contributed by atoms with E-state index in [2.05, 4.69) is 5.32 Å². The molecule has 4 aliphatic heterocycles. The minimum atomic E-state index is -1.58. The number of likely N-dealkylation sites (tertiary alicyclic amines) is 1. The summed E-state index contributed by atoms with van der Waals surface area (Å²) in [4.78, 5) is 60.0. The molecule has 0 aliphatic carbocycles. The van der Waals surface area contributed by atoms with Crippen LogP contribution in [0.2, 0.25) is 5.02 Å². The Bertz CT molecular complexity index is 1820. The Morgan fingerprint density at radius 3 is 2.38 bits per heavy atom. The van der Waals surface area contributed by atoms with Crippen LogP contribution in [0.25, 0.3) is 0 Å². The Labute approximate surface area is 295 Å². The van der Waals surface area contributed by atoms with E-state index in [1.807, 2.05) is 60.7 Å². The zero-order valence-corrected chi connectivity index (χ0v) is 28.0. The first-order valence-corrected chi connectivity index (χ1v) is 17.3. The van der Waals surface area contributed by atoms with Gasteiger partial charge in [-0.15, -0.1) is 0 Å². The number of allylic oxidation sites excluding steroid dienone is 1. The van der Waals surface area contributed by atoms with Crippen molar-refractivity contribution in [3.8, 4) is 0 Å². The smallest absolute Gasteiger partial charge is 0.313 e. The van der Waals surface area contributed by atoms with Crippen molar-refractivity contribution in [3.05, 3.63) is 125 Å². The highest BCUT2D eigenvalue weighted by atomic mass is 35.5. The number of carbonyl (C=O) groups is 4. The van der Waals surface area contributed by atoms with Crippen LogP contribution in [-0.2, 0) is 35.1 Å². The second-order valence-corrected chi connectivity index (χ2v) is 13.4. The number of hydrogen-bond donors (Lipinski definition) is 2. The fourth-order valence-corrected chi connectivity index (χ4v) is 8.00. The number of hydrogen-bond acceptors (Lipinski definition) is 7. The molecule has 2 saturated heterocycles. The van der Waals surface area contributed by atoms with Crippen molar-refractivity contribution in [1.82, 2.24) is 10.2 Å². The highest BCUT2D eigenvalue weighted by Crippen LogP contribution is 2.54. The number of nitrogens with one attached hydrogen (secondary N) is 1. The quantitative estimate of drug-likeness (QED) is 0.293. The van der Waals surface area contributed by atoms with Crippen LogP contribution in [0.15, 0.2) is 109 Å². The number of carbonyl (C=O) groups excluding carboxylic acids is 4. The third kappa shape index (κ3) is 6.12. The van der Waals surface area contributed by atoms with Gasteiger partial charge in [-0.2, -0.15) is 0 Å². The molecule has 0 bridgehead atoms. The second-order valence-electron chi connectivity index (χ2n) is 13.0. The summed E-state index contributed by atoms with van der Waals surface area (Å²) in [5.74, 6) is -4.10. The van der Waals surface area contributed by atoms with Crippen molar-refractivity contribution in [2.24, 2.45) is 11.8 Å². The number of nitrogens with zero attached hydrogens (tertiary/aromatic N) is 2. The van der Waals surface area contributed by atoms with Gasteiger partial charge >= 0.3 is 5.97 Å². The van der Waals surface area contributed by atoms with Crippen molar-refractivity contribution in [1.29, 1.82) is 0 Å². The van der Waals surface area contributed by atoms with Crippen LogP contribution < -0.4 is 10.2 Å². The molecule has 11 heteroatoms. The first kappa shape index (κ1) is 33.7. The van der Waals surface area contributed by atoms with Crippen molar-refractivity contribution < 1.29 is 33.8 Å². The Morgan fingerprint density at radius 2 is 1.64 bits per heavy atom. The first-order chi connectivity index (χ1) is 24.3. The van der Waals surface area contributed by atoms with E-state index in [0.29, 0.717) is 22.7 Å². The van der Waals surface area contributed by atoms with E-state index < -0.39 is 66.1 Å². The molecular weight excluding hydrogens is 658 g/mol. The maximum atomic E-state index is 15.0. The molecule has 3 amide bonds. The summed E-state index contributed by atoms with van der Waals surface area (Å²) in [6, 6.07) is 23.4. The molecule has 10 nitrogen and oxygen atoms in total. The lowest BCUT2D eigenvalue weighted by Gasteiger charge is -2.38. The van der Waals surface area contributed by atoms with Crippen LogP contribution in [0.5, 0.6) is 0 Å². The molecule has 0 saturated carbocycles. The highest BCUT2D eigenvalue weighted by Gasteiger charge is 2.72. The Hall–Kier alpha value is -4.77. The van der Waals surface area contributed by atoms with Crippen molar-refractivity contribution >= 4 is 41.0 Å². The molecule has 7 atom stereocenters. The molecule has 0 aromatic heterocycles. The van der Waals surface area contributed by atoms with E-state index in [-0.39, 0.29) is 31.8 Å². The van der Waals surface area contributed by atoms with Gasteiger partial charge < -0.3 is 29.7 Å². The summed E-state index contributed by atoms with van der Waals surface area (Å²) in [5, 5.41) is 14.1. The molecule has 2 N–H and O–H groups in total. The largest absolute Gasteiger partial charge is 0.455 e. The second kappa shape index (κ2) is 14.2. The van der Waals surface area contributed by atoms with E-state index in [0.717, 1.165) is 5.56 Å².